The normalized spacial score (nSPS) is 17.9. The fourth-order valence-corrected chi connectivity index (χ4v) is 11.8. The molecule has 8 heterocycles. The summed E-state index contributed by atoms with van der Waals surface area (Å²) in [6.07, 6.45) is 0.698. The van der Waals surface area contributed by atoms with Crippen molar-refractivity contribution < 1.29 is 83.9 Å². The minimum Gasteiger partial charge on any atom is -0.464 e. The summed E-state index contributed by atoms with van der Waals surface area (Å²) in [6, 6.07) is 13.5. The van der Waals surface area contributed by atoms with Crippen LogP contribution >= 0.6 is 129 Å². The van der Waals surface area contributed by atoms with Crippen molar-refractivity contribution >= 4 is 135 Å². The van der Waals surface area contributed by atoms with Gasteiger partial charge in [0.05, 0.1) is 43.9 Å². The number of aromatic nitrogens is 4. The zero-order valence-corrected chi connectivity index (χ0v) is 65.2. The molecule has 0 spiro atoms. The molecular formula is C57H85Cl9F2N8O21P4. The molecule has 101 heavy (non-hydrogen) atoms. The van der Waals surface area contributed by atoms with Crippen LogP contribution in [0.5, 0.6) is 0 Å². The molecule has 6 aromatic rings. The summed E-state index contributed by atoms with van der Waals surface area (Å²) < 4.78 is 100. The van der Waals surface area contributed by atoms with Crippen LogP contribution in [0.1, 0.15) is 112 Å². The van der Waals surface area contributed by atoms with Crippen LogP contribution in [0.15, 0.2) is 103 Å². The van der Waals surface area contributed by atoms with E-state index in [-0.39, 0.29) is 39.2 Å². The minimum atomic E-state index is -4.03. The molecule has 4 unspecified atom stereocenters. The summed E-state index contributed by atoms with van der Waals surface area (Å²) in [5.74, 6) is 2.58. The highest BCUT2D eigenvalue weighted by Gasteiger charge is 2.40. The van der Waals surface area contributed by atoms with Gasteiger partial charge in [0, 0.05) is 50.2 Å². The van der Waals surface area contributed by atoms with Crippen LogP contribution in [0.4, 0.5) is 14.7 Å². The Kier molecular flexibility index (Phi) is 49.8. The highest BCUT2D eigenvalue weighted by Crippen LogP contribution is 2.54. The number of nitrogens with one attached hydrogen (secondary N) is 3. The monoisotopic (exact) mass is 1690 g/mol. The third kappa shape index (κ3) is 39.0. The van der Waals surface area contributed by atoms with Crippen LogP contribution in [-0.4, -0.2) is 145 Å². The van der Waals surface area contributed by atoms with Crippen molar-refractivity contribution in [3.63, 3.8) is 0 Å². The Balaban J connectivity index is 0.000000659. The Morgan fingerprint density at radius 3 is 1.57 bits per heavy atom. The number of aliphatic hydroxyl groups excluding tert-OH is 4. The van der Waals surface area contributed by atoms with E-state index >= 15 is 0 Å². The molecule has 0 amide bonds. The van der Waals surface area contributed by atoms with Crippen molar-refractivity contribution in [2.24, 2.45) is 4.74 Å². The predicted molar refractivity (Wildman–Crippen MR) is 391 cm³/mol. The van der Waals surface area contributed by atoms with Crippen molar-refractivity contribution in [3.05, 3.63) is 165 Å². The van der Waals surface area contributed by atoms with Crippen LogP contribution < -0.4 is 27.8 Å². The second kappa shape index (κ2) is 52.2. The van der Waals surface area contributed by atoms with Crippen molar-refractivity contribution in [1.29, 1.82) is 0 Å². The first-order chi connectivity index (χ1) is 47.2. The first-order valence-corrected chi connectivity index (χ1v) is 43.1. The van der Waals surface area contributed by atoms with Gasteiger partial charge < -0.3 is 61.9 Å². The summed E-state index contributed by atoms with van der Waals surface area (Å²) in [7, 11) is -0.596. The van der Waals surface area contributed by atoms with Crippen molar-refractivity contribution in [3.8, 4) is 0 Å². The van der Waals surface area contributed by atoms with Crippen LogP contribution in [-0.2, 0) is 58.6 Å². The number of alkyl halides is 3. The van der Waals surface area contributed by atoms with Crippen LogP contribution in [0.3, 0.4) is 0 Å². The van der Waals surface area contributed by atoms with E-state index in [9.17, 15) is 52.9 Å². The predicted octanol–water partition coefficient (Wildman–Crippen LogP) is 15.1. The number of nitrogens with zero attached hydrogens (tertiary/aromatic N) is 5. The zero-order chi connectivity index (χ0) is 75.1. The number of rotatable bonds is 30. The summed E-state index contributed by atoms with van der Waals surface area (Å²) in [6.45, 7) is 5.50. The average molecular weight is 1700 g/mol. The summed E-state index contributed by atoms with van der Waals surface area (Å²) in [5.41, 5.74) is -4.05. The summed E-state index contributed by atoms with van der Waals surface area (Å²) >= 11 is 48.3. The lowest BCUT2D eigenvalue weighted by Gasteiger charge is -2.28. The number of unbranched alkanes of at least 4 members (excludes halogenated alkanes) is 3. The van der Waals surface area contributed by atoms with Gasteiger partial charge in [0.1, 0.15) is 96.3 Å². The summed E-state index contributed by atoms with van der Waals surface area (Å²) in [5, 5.41) is 51.0. The average Bonchev–Trinajstić information content (AvgIpc) is 1.70. The molecule has 2 aliphatic rings. The molecule has 0 saturated carbocycles. The molecule has 576 valence electrons. The van der Waals surface area contributed by atoms with Gasteiger partial charge in [-0.25, -0.2) is 18.8 Å². The minimum absolute atomic E-state index is 0. The molecule has 2 aliphatic heterocycles. The molecule has 8 rings (SSSR count). The van der Waals surface area contributed by atoms with Gasteiger partial charge in [0.25, 0.3) is 11.1 Å². The van der Waals surface area contributed by atoms with E-state index in [0.29, 0.717) is 56.3 Å². The van der Waals surface area contributed by atoms with Crippen molar-refractivity contribution in [2.75, 3.05) is 71.2 Å². The molecule has 0 radical (unpaired) electrons. The fourth-order valence-electron chi connectivity index (χ4n) is 7.96. The second-order valence-corrected chi connectivity index (χ2v) is 36.1. The molecule has 0 aromatic carbocycles. The molecule has 6 aromatic heterocycles. The molecule has 44 heteroatoms. The maximum atomic E-state index is 13.6. The van der Waals surface area contributed by atoms with Gasteiger partial charge in [-0.1, -0.05) is 41.1 Å². The van der Waals surface area contributed by atoms with E-state index in [2.05, 4.69) is 10.1 Å². The number of ether oxygens (including phenoxy) is 2. The Hall–Kier alpha value is -2.81. The van der Waals surface area contributed by atoms with Crippen molar-refractivity contribution in [1.82, 2.24) is 29.1 Å². The van der Waals surface area contributed by atoms with Crippen LogP contribution in [0.25, 0.3) is 0 Å². The number of hydrogen-bond acceptors (Lipinski definition) is 23. The number of H-pyrrole nitrogens is 2. The lowest BCUT2D eigenvalue weighted by atomic mass is 10.2. The molecule has 2 fully saturated rings. The van der Waals surface area contributed by atoms with Crippen LogP contribution in [0, 0.1) is 42.5 Å². The third-order valence-electron chi connectivity index (χ3n) is 12.9. The number of halogens is 11. The van der Waals surface area contributed by atoms with E-state index in [1.54, 1.807) is 16.0 Å². The topological polar surface area (TPSA) is 386 Å². The van der Waals surface area contributed by atoms with Gasteiger partial charge >= 0.3 is 25.0 Å². The molecule has 0 bridgehead atoms. The third-order valence-corrected chi connectivity index (χ3v) is 18.5. The quantitative estimate of drug-likeness (QED) is 0.00724. The van der Waals surface area contributed by atoms with Gasteiger partial charge in [0.2, 0.25) is 18.5 Å². The highest BCUT2D eigenvalue weighted by molar-refractivity contribution is 8.20. The van der Waals surface area contributed by atoms with Crippen molar-refractivity contribution in [2.45, 2.75) is 143 Å². The number of aliphatic hydroxyl groups is 4. The fraction of sp³-hybridized carbons (Fsp3) is 0.579. The maximum Gasteiger partial charge on any atom is 0.433 e. The standard InChI is InChI=1S/C19H25ClFN4O10P.C11H18Cl2NO2P.C9H11FN2O5.C6H7Cl2O2P.C6H8O2.C5H12ClN.CH4.Cl3P/c1-23(7-3-2-6-20)36(31,32-10-12-4-5-16(34-12)25(29)30)33-11-15-14(26)8-17(35-15)24-9-13(21)18(27)22-19(24)28;1-10-5-6-11(16-10)9-15-17(2,13)14-8-4-3-7-12;10-4-2-12(9(16)11-8(4)15)7-1-5(14)6(3-13)17-7;1-5-2-3-6(10-5)4-9-11(7)8;1-5-2-3-6(4-7)8-5;1-7-5-3-2-4-6;;1-4(2)3/h4-5,9,14-15,17,26H,2-3,6-8,10-11H2,1H3,(H,22,27,28);5-6H,3-4,7-9H2,1-2H3;2,5-7,13-14H,1,3H2,(H,11,15,16);2-3H,4H2,1H3;2-3,7H,4H2,1H3;7H,2-5H2,1H3;1H4;/t14?,15-,17-,36?;;5?,6-,7-;;;;;/m1.1...../s1. The zero-order valence-electron chi connectivity index (χ0n) is 54.8. The Bertz CT molecular complexity index is 3630. The molecule has 7 N–H and O–H groups in total. The van der Waals surface area contributed by atoms with E-state index in [4.69, 9.17) is 158 Å². The number of furan rings is 4. The van der Waals surface area contributed by atoms with E-state index in [1.807, 2.05) is 64.8 Å². The van der Waals surface area contributed by atoms with Gasteiger partial charge in [-0.3, -0.25) is 52.6 Å². The Morgan fingerprint density at radius 2 is 1.15 bits per heavy atom. The van der Waals surface area contributed by atoms with Gasteiger partial charge in [-0.05, 0) is 156 Å². The highest BCUT2D eigenvalue weighted by atomic mass is 36.0. The molecule has 2 saturated heterocycles. The molecular weight excluding hydrogens is 1610 g/mol. The second-order valence-electron chi connectivity index (χ2n) is 20.8. The SMILES string of the molecule is C.CN(CCCCCl)P(=O)(OCc1ccc([N+](=O)[O-])o1)OC[C@H]1O[C@@H](n2cc(F)c(=O)[nH]c2=O)CC1O.CNCCCCCl.Cc1ccc(CO)o1.Cc1ccc(COP(C)(Cl)=NCCCCCl)o1.Cc1ccc(COP(Cl)Cl)o1.ClP(Cl)Cl.O=c1[nH]c(=O)n([C@H]2CC(O)[C@@H](CO)O2)cc1F. The number of aryl methyl sites for hydroxylation is 3. The lowest BCUT2D eigenvalue weighted by molar-refractivity contribution is -0.402. The molecule has 8 atom stereocenters. The van der Waals surface area contributed by atoms with Gasteiger partial charge in [-0.2, -0.15) is 8.78 Å². The van der Waals surface area contributed by atoms with Crippen LogP contribution in [0.2, 0.25) is 0 Å². The Labute approximate surface area is 627 Å². The molecule has 0 aliphatic carbocycles. The van der Waals surface area contributed by atoms with E-state index < -0.39 is 129 Å². The number of nitro groups is 1. The maximum absolute atomic E-state index is 13.6. The Morgan fingerprint density at radius 1 is 0.703 bits per heavy atom. The van der Waals surface area contributed by atoms with E-state index in [0.717, 1.165) is 81.9 Å². The van der Waals surface area contributed by atoms with E-state index in [1.165, 1.54) is 24.2 Å². The van der Waals surface area contributed by atoms with Gasteiger partial charge in [-0.15, -0.1) is 34.8 Å². The van der Waals surface area contributed by atoms with Gasteiger partial charge in [0.15, 0.2) is 12.6 Å². The first-order valence-electron chi connectivity index (χ1n) is 29.9. The number of hydrogen-bond donors (Lipinski definition) is 7. The summed E-state index contributed by atoms with van der Waals surface area (Å²) in [4.78, 5) is 59.1. The molecule has 29 nitrogen and oxygen atoms in total. The first kappa shape index (κ1) is 96.2. The smallest absolute Gasteiger partial charge is 0.433 e. The lowest BCUT2D eigenvalue weighted by Crippen LogP contribution is -2.34. The number of aromatic amines is 2. The largest absolute Gasteiger partial charge is 0.464 e.